The van der Waals surface area contributed by atoms with Gasteiger partial charge in [-0.1, -0.05) is 0 Å². The topological polar surface area (TPSA) is 54.0 Å². The number of carbonyl (C=O) groups excluding carboxylic acids is 1. The van der Waals surface area contributed by atoms with Gasteiger partial charge >= 0.3 is 0 Å². The van der Waals surface area contributed by atoms with E-state index < -0.39 is 5.82 Å². The third-order valence-corrected chi connectivity index (χ3v) is 2.40. The largest absolute Gasteiger partial charge is 0.388 e. The van der Waals surface area contributed by atoms with E-state index in [-0.39, 0.29) is 5.91 Å². The van der Waals surface area contributed by atoms with Gasteiger partial charge in [0.2, 0.25) is 0 Å². The SMILES string of the molecule is CNc1ccc(C(=O)Nc2ccc(F)cn2)cc1. The van der Waals surface area contributed by atoms with Crippen molar-refractivity contribution in [1.82, 2.24) is 4.98 Å². The van der Waals surface area contributed by atoms with Gasteiger partial charge in [0.25, 0.3) is 5.91 Å². The maximum absolute atomic E-state index is 12.6. The van der Waals surface area contributed by atoms with Crippen LogP contribution in [0.3, 0.4) is 0 Å². The van der Waals surface area contributed by atoms with Crippen LogP contribution in [-0.4, -0.2) is 17.9 Å². The average molecular weight is 245 g/mol. The van der Waals surface area contributed by atoms with E-state index in [1.165, 1.54) is 12.1 Å². The number of hydrogen-bond donors (Lipinski definition) is 2. The third-order valence-electron chi connectivity index (χ3n) is 2.40. The van der Waals surface area contributed by atoms with Crippen LogP contribution in [0.4, 0.5) is 15.9 Å². The lowest BCUT2D eigenvalue weighted by Gasteiger charge is -2.05. The van der Waals surface area contributed by atoms with Crippen LogP contribution in [-0.2, 0) is 0 Å². The number of nitrogens with zero attached hydrogens (tertiary/aromatic N) is 1. The summed E-state index contributed by atoms with van der Waals surface area (Å²) in [4.78, 5) is 15.6. The summed E-state index contributed by atoms with van der Waals surface area (Å²) in [6.45, 7) is 0. The number of pyridine rings is 1. The Labute approximate surface area is 104 Å². The molecule has 0 fully saturated rings. The molecule has 0 saturated heterocycles. The molecule has 0 aliphatic heterocycles. The first-order chi connectivity index (χ1) is 8.69. The molecule has 1 aromatic heterocycles. The van der Waals surface area contributed by atoms with Crippen molar-refractivity contribution >= 4 is 17.4 Å². The van der Waals surface area contributed by atoms with Crippen LogP contribution in [0.25, 0.3) is 0 Å². The summed E-state index contributed by atoms with van der Waals surface area (Å²) in [5.41, 5.74) is 1.44. The Kier molecular flexibility index (Phi) is 3.52. The fourth-order valence-corrected chi connectivity index (χ4v) is 1.43. The zero-order valence-corrected chi connectivity index (χ0v) is 9.77. The summed E-state index contributed by atoms with van der Waals surface area (Å²) in [5, 5.41) is 5.55. The van der Waals surface area contributed by atoms with Crippen molar-refractivity contribution in [2.75, 3.05) is 17.7 Å². The van der Waals surface area contributed by atoms with Crippen LogP contribution in [0, 0.1) is 5.82 Å². The van der Waals surface area contributed by atoms with E-state index in [1.807, 2.05) is 0 Å². The lowest BCUT2D eigenvalue weighted by Crippen LogP contribution is -2.12. The molecule has 1 heterocycles. The molecule has 0 radical (unpaired) electrons. The highest BCUT2D eigenvalue weighted by molar-refractivity contribution is 6.03. The van der Waals surface area contributed by atoms with Crippen molar-refractivity contribution in [2.24, 2.45) is 0 Å². The van der Waals surface area contributed by atoms with Crippen molar-refractivity contribution in [3.63, 3.8) is 0 Å². The van der Waals surface area contributed by atoms with Gasteiger partial charge in [0, 0.05) is 18.3 Å². The highest BCUT2D eigenvalue weighted by Crippen LogP contribution is 2.11. The number of hydrogen-bond acceptors (Lipinski definition) is 3. The summed E-state index contributed by atoms with van der Waals surface area (Å²) < 4.78 is 12.6. The van der Waals surface area contributed by atoms with E-state index >= 15 is 0 Å². The fourth-order valence-electron chi connectivity index (χ4n) is 1.43. The van der Waals surface area contributed by atoms with Crippen LogP contribution in [0.1, 0.15) is 10.4 Å². The second-order valence-corrected chi connectivity index (χ2v) is 3.64. The number of benzene rings is 1. The Hall–Kier alpha value is -2.43. The van der Waals surface area contributed by atoms with E-state index in [9.17, 15) is 9.18 Å². The number of rotatable bonds is 3. The first kappa shape index (κ1) is 12.0. The van der Waals surface area contributed by atoms with Gasteiger partial charge in [-0.05, 0) is 36.4 Å². The molecule has 2 N–H and O–H groups in total. The second kappa shape index (κ2) is 5.27. The molecular formula is C13H12FN3O. The summed E-state index contributed by atoms with van der Waals surface area (Å²) in [7, 11) is 1.80. The molecule has 2 aromatic rings. The van der Waals surface area contributed by atoms with Crippen molar-refractivity contribution in [3.8, 4) is 0 Å². The zero-order chi connectivity index (χ0) is 13.0. The van der Waals surface area contributed by atoms with Crippen molar-refractivity contribution in [2.45, 2.75) is 0 Å². The van der Waals surface area contributed by atoms with Gasteiger partial charge in [-0.25, -0.2) is 9.37 Å². The molecule has 1 amide bonds. The molecule has 5 heteroatoms. The maximum Gasteiger partial charge on any atom is 0.256 e. The van der Waals surface area contributed by atoms with Gasteiger partial charge in [-0.15, -0.1) is 0 Å². The number of amides is 1. The first-order valence-electron chi connectivity index (χ1n) is 5.40. The number of aromatic nitrogens is 1. The normalized spacial score (nSPS) is 9.89. The summed E-state index contributed by atoms with van der Waals surface area (Å²) >= 11 is 0. The summed E-state index contributed by atoms with van der Waals surface area (Å²) in [6, 6.07) is 9.65. The van der Waals surface area contributed by atoms with Crippen LogP contribution in [0.2, 0.25) is 0 Å². The van der Waals surface area contributed by atoms with Gasteiger partial charge in [0.1, 0.15) is 11.6 Å². The Morgan fingerprint density at radius 1 is 1.17 bits per heavy atom. The smallest absolute Gasteiger partial charge is 0.256 e. The van der Waals surface area contributed by atoms with Gasteiger partial charge in [0.15, 0.2) is 0 Å². The third kappa shape index (κ3) is 2.82. The molecule has 92 valence electrons. The van der Waals surface area contributed by atoms with E-state index in [0.717, 1.165) is 11.9 Å². The van der Waals surface area contributed by atoms with Crippen LogP contribution in [0.15, 0.2) is 42.6 Å². The number of carbonyl (C=O) groups is 1. The first-order valence-corrected chi connectivity index (χ1v) is 5.40. The van der Waals surface area contributed by atoms with Crippen LogP contribution >= 0.6 is 0 Å². The highest BCUT2D eigenvalue weighted by atomic mass is 19.1. The molecule has 0 spiro atoms. The molecule has 0 saturated carbocycles. The minimum atomic E-state index is -0.439. The van der Waals surface area contributed by atoms with Crippen LogP contribution < -0.4 is 10.6 Å². The maximum atomic E-state index is 12.6. The Morgan fingerprint density at radius 3 is 2.44 bits per heavy atom. The van der Waals surface area contributed by atoms with Crippen LogP contribution in [0.5, 0.6) is 0 Å². The molecule has 0 unspecified atom stereocenters. The molecule has 1 aromatic carbocycles. The minimum Gasteiger partial charge on any atom is -0.388 e. The van der Waals surface area contributed by atoms with Gasteiger partial charge in [-0.2, -0.15) is 0 Å². The Bertz CT molecular complexity index is 537. The van der Waals surface area contributed by atoms with Gasteiger partial charge in [-0.3, -0.25) is 4.79 Å². The van der Waals surface area contributed by atoms with Crippen molar-refractivity contribution in [1.29, 1.82) is 0 Å². The lowest BCUT2D eigenvalue weighted by molar-refractivity contribution is 0.102. The lowest BCUT2D eigenvalue weighted by atomic mass is 10.2. The summed E-state index contributed by atoms with van der Waals surface area (Å²) in [5.74, 6) is -0.401. The number of nitrogens with one attached hydrogen (secondary N) is 2. The Morgan fingerprint density at radius 2 is 1.89 bits per heavy atom. The molecule has 18 heavy (non-hydrogen) atoms. The predicted octanol–water partition coefficient (Wildman–Crippen LogP) is 2.51. The molecule has 0 aliphatic carbocycles. The van der Waals surface area contributed by atoms with E-state index in [2.05, 4.69) is 15.6 Å². The minimum absolute atomic E-state index is 0.281. The van der Waals surface area contributed by atoms with Crippen molar-refractivity contribution in [3.05, 3.63) is 54.0 Å². The molecule has 4 nitrogen and oxygen atoms in total. The summed E-state index contributed by atoms with van der Waals surface area (Å²) in [6.07, 6.45) is 1.06. The fraction of sp³-hybridized carbons (Fsp3) is 0.0769. The zero-order valence-electron chi connectivity index (χ0n) is 9.77. The highest BCUT2D eigenvalue weighted by Gasteiger charge is 2.06. The quantitative estimate of drug-likeness (QED) is 0.873. The van der Waals surface area contributed by atoms with E-state index in [1.54, 1.807) is 31.3 Å². The predicted molar refractivity (Wildman–Crippen MR) is 68.1 cm³/mol. The Balaban J connectivity index is 2.09. The molecule has 0 atom stereocenters. The second-order valence-electron chi connectivity index (χ2n) is 3.64. The van der Waals surface area contributed by atoms with E-state index in [4.69, 9.17) is 0 Å². The average Bonchev–Trinajstić information content (AvgIpc) is 2.41. The number of anilines is 2. The molecular weight excluding hydrogens is 233 g/mol. The number of halogens is 1. The van der Waals surface area contributed by atoms with E-state index in [0.29, 0.717) is 11.4 Å². The van der Waals surface area contributed by atoms with Gasteiger partial charge in [0.05, 0.1) is 6.20 Å². The molecule has 2 rings (SSSR count). The molecule has 0 aliphatic rings. The van der Waals surface area contributed by atoms with Crippen molar-refractivity contribution < 1.29 is 9.18 Å². The van der Waals surface area contributed by atoms with Gasteiger partial charge < -0.3 is 10.6 Å². The molecule has 0 bridgehead atoms. The monoisotopic (exact) mass is 245 g/mol. The standard InChI is InChI=1S/C13H12FN3O/c1-15-11-5-2-9(3-6-11)13(18)17-12-7-4-10(14)8-16-12/h2-8,15H,1H3,(H,16,17,18).